The van der Waals surface area contributed by atoms with Gasteiger partial charge in [0.05, 0.1) is 6.61 Å². The number of halogens is 1. The zero-order chi connectivity index (χ0) is 19.6. The summed E-state index contributed by atoms with van der Waals surface area (Å²) in [6.07, 6.45) is 3.13. The lowest BCUT2D eigenvalue weighted by Gasteiger charge is -2.11. The predicted octanol–water partition coefficient (Wildman–Crippen LogP) is 4.85. The summed E-state index contributed by atoms with van der Waals surface area (Å²) < 4.78 is 11.1. The number of amides is 1. The van der Waals surface area contributed by atoms with Crippen molar-refractivity contribution in [2.24, 2.45) is 0 Å². The Morgan fingerprint density at radius 3 is 2.59 bits per heavy atom. The highest BCUT2D eigenvalue weighted by Crippen LogP contribution is 2.29. The number of anilines is 1. The summed E-state index contributed by atoms with van der Waals surface area (Å²) in [6.45, 7) is 6.28. The van der Waals surface area contributed by atoms with Gasteiger partial charge in [0, 0.05) is 10.7 Å². The highest BCUT2D eigenvalue weighted by Gasteiger charge is 2.11. The molecule has 138 valence electrons. The minimum Gasteiger partial charge on any atom is -0.490 e. The van der Waals surface area contributed by atoms with Gasteiger partial charge in [0.15, 0.2) is 11.5 Å². The molecule has 0 aliphatic carbocycles. The second kappa shape index (κ2) is 10.0. The fourth-order valence-corrected chi connectivity index (χ4v) is 2.32. The van der Waals surface area contributed by atoms with Crippen molar-refractivity contribution in [2.75, 3.05) is 18.5 Å². The Bertz CT molecular complexity index is 883. The van der Waals surface area contributed by atoms with Crippen molar-refractivity contribution < 1.29 is 14.3 Å². The third kappa shape index (κ3) is 5.91. The van der Waals surface area contributed by atoms with E-state index in [1.54, 1.807) is 48.5 Å². The molecule has 0 fully saturated rings. The first-order valence-corrected chi connectivity index (χ1v) is 8.64. The molecule has 0 spiro atoms. The highest BCUT2D eigenvalue weighted by molar-refractivity contribution is 6.30. The van der Waals surface area contributed by atoms with Gasteiger partial charge >= 0.3 is 0 Å². The summed E-state index contributed by atoms with van der Waals surface area (Å²) in [5, 5.41) is 12.6. The lowest BCUT2D eigenvalue weighted by atomic mass is 10.1. The van der Waals surface area contributed by atoms with Gasteiger partial charge in [0.2, 0.25) is 0 Å². The lowest BCUT2D eigenvalue weighted by Crippen LogP contribution is -2.13. The van der Waals surface area contributed by atoms with Crippen molar-refractivity contribution in [1.82, 2.24) is 0 Å². The van der Waals surface area contributed by atoms with E-state index in [2.05, 4.69) is 11.9 Å². The van der Waals surface area contributed by atoms with E-state index in [4.69, 9.17) is 21.1 Å². The Balaban J connectivity index is 2.23. The first kappa shape index (κ1) is 20.1. The average Bonchev–Trinajstić information content (AvgIpc) is 2.67. The maximum Gasteiger partial charge on any atom is 0.266 e. The molecule has 0 bridgehead atoms. The number of carbonyl (C=O) groups excluding carboxylic acids is 1. The Labute approximate surface area is 163 Å². The summed E-state index contributed by atoms with van der Waals surface area (Å²) in [7, 11) is 0. The average molecular weight is 383 g/mol. The van der Waals surface area contributed by atoms with Gasteiger partial charge in [-0.2, -0.15) is 5.26 Å². The van der Waals surface area contributed by atoms with Gasteiger partial charge in [-0.1, -0.05) is 30.3 Å². The zero-order valence-corrected chi connectivity index (χ0v) is 15.6. The summed E-state index contributed by atoms with van der Waals surface area (Å²) in [4.78, 5) is 12.3. The monoisotopic (exact) mass is 382 g/mol. The Kier molecular flexibility index (Phi) is 7.48. The third-order valence-corrected chi connectivity index (χ3v) is 3.65. The minimum atomic E-state index is -0.509. The quantitative estimate of drug-likeness (QED) is 0.402. The van der Waals surface area contributed by atoms with Gasteiger partial charge in [-0.15, -0.1) is 0 Å². The minimum absolute atomic E-state index is 0.0350. The molecule has 0 aliphatic rings. The molecule has 6 heteroatoms. The lowest BCUT2D eigenvalue weighted by molar-refractivity contribution is -0.112. The standard InChI is InChI=1S/C21H19ClN2O3/c1-3-11-27-19-10-5-15(13-20(19)26-4-2)12-16(14-23)21(25)24-18-8-6-17(22)7-9-18/h3,5-10,12-13H,1,4,11H2,2H3,(H,24,25)/b16-12-. The van der Waals surface area contributed by atoms with Crippen LogP contribution in [0.15, 0.2) is 60.7 Å². The van der Waals surface area contributed by atoms with Gasteiger partial charge in [0.25, 0.3) is 5.91 Å². The van der Waals surface area contributed by atoms with Crippen LogP contribution in [0.3, 0.4) is 0 Å². The molecular weight excluding hydrogens is 364 g/mol. The van der Waals surface area contributed by atoms with Crippen molar-refractivity contribution in [3.05, 3.63) is 71.3 Å². The summed E-state index contributed by atoms with van der Waals surface area (Å²) >= 11 is 5.83. The number of ether oxygens (including phenoxy) is 2. The predicted molar refractivity (Wildman–Crippen MR) is 107 cm³/mol. The maximum atomic E-state index is 12.3. The first-order chi connectivity index (χ1) is 13.1. The largest absolute Gasteiger partial charge is 0.490 e. The molecule has 0 aliphatic heterocycles. The molecule has 2 rings (SSSR count). The molecule has 2 aromatic carbocycles. The molecule has 1 N–H and O–H groups in total. The molecule has 1 amide bonds. The second-order valence-electron chi connectivity index (χ2n) is 5.37. The Morgan fingerprint density at radius 1 is 1.22 bits per heavy atom. The van der Waals surface area contributed by atoms with Crippen molar-refractivity contribution in [3.8, 4) is 17.6 Å². The van der Waals surface area contributed by atoms with Crippen LogP contribution >= 0.6 is 11.6 Å². The molecule has 2 aromatic rings. The van der Waals surface area contributed by atoms with Crippen LogP contribution in [-0.2, 0) is 4.79 Å². The van der Waals surface area contributed by atoms with E-state index in [9.17, 15) is 10.1 Å². The highest BCUT2D eigenvalue weighted by atomic mass is 35.5. The van der Waals surface area contributed by atoms with Gasteiger partial charge < -0.3 is 14.8 Å². The normalized spacial score (nSPS) is 10.6. The van der Waals surface area contributed by atoms with E-state index >= 15 is 0 Å². The SMILES string of the molecule is C=CCOc1ccc(/C=C(/C#N)C(=O)Nc2ccc(Cl)cc2)cc1OCC. The van der Waals surface area contributed by atoms with Gasteiger partial charge in [-0.05, 0) is 55.0 Å². The molecule has 0 saturated heterocycles. The van der Waals surface area contributed by atoms with Crippen LogP contribution in [0, 0.1) is 11.3 Å². The fourth-order valence-electron chi connectivity index (χ4n) is 2.20. The number of hydrogen-bond donors (Lipinski definition) is 1. The van der Waals surface area contributed by atoms with Gasteiger partial charge in [0.1, 0.15) is 18.2 Å². The van der Waals surface area contributed by atoms with E-state index in [-0.39, 0.29) is 5.57 Å². The first-order valence-electron chi connectivity index (χ1n) is 8.26. The molecule has 0 aromatic heterocycles. The van der Waals surface area contributed by atoms with Crippen LogP contribution in [0.2, 0.25) is 5.02 Å². The maximum absolute atomic E-state index is 12.3. The van der Waals surface area contributed by atoms with Gasteiger partial charge in [-0.3, -0.25) is 4.79 Å². The van der Waals surface area contributed by atoms with E-state index < -0.39 is 5.91 Å². The van der Waals surface area contributed by atoms with E-state index in [1.807, 2.05) is 13.0 Å². The van der Waals surface area contributed by atoms with Crippen LogP contribution in [0.25, 0.3) is 6.08 Å². The molecule has 0 saturated carbocycles. The van der Waals surface area contributed by atoms with Crippen LogP contribution in [-0.4, -0.2) is 19.1 Å². The van der Waals surface area contributed by atoms with Crippen LogP contribution in [0.1, 0.15) is 12.5 Å². The van der Waals surface area contributed by atoms with E-state index in [1.165, 1.54) is 6.08 Å². The smallest absolute Gasteiger partial charge is 0.266 e. The molecule has 0 heterocycles. The van der Waals surface area contributed by atoms with E-state index in [0.717, 1.165) is 0 Å². The number of rotatable bonds is 8. The fraction of sp³-hybridized carbons (Fsp3) is 0.143. The molecule has 27 heavy (non-hydrogen) atoms. The topological polar surface area (TPSA) is 71.3 Å². The molecule has 0 radical (unpaired) electrons. The van der Waals surface area contributed by atoms with Gasteiger partial charge in [-0.25, -0.2) is 0 Å². The Morgan fingerprint density at radius 2 is 1.96 bits per heavy atom. The third-order valence-electron chi connectivity index (χ3n) is 3.40. The number of nitrogens with zero attached hydrogens (tertiary/aromatic N) is 1. The van der Waals surface area contributed by atoms with Crippen LogP contribution in [0.5, 0.6) is 11.5 Å². The zero-order valence-electron chi connectivity index (χ0n) is 14.9. The Hall–Kier alpha value is -3.23. The van der Waals surface area contributed by atoms with E-state index in [0.29, 0.717) is 41.0 Å². The van der Waals surface area contributed by atoms with Crippen molar-refractivity contribution in [3.63, 3.8) is 0 Å². The number of benzene rings is 2. The number of nitrogens with one attached hydrogen (secondary N) is 1. The molecule has 5 nitrogen and oxygen atoms in total. The van der Waals surface area contributed by atoms with Crippen molar-refractivity contribution in [2.45, 2.75) is 6.92 Å². The second-order valence-corrected chi connectivity index (χ2v) is 5.81. The molecular formula is C21H19ClN2O3. The van der Waals surface area contributed by atoms with Crippen LogP contribution < -0.4 is 14.8 Å². The van der Waals surface area contributed by atoms with Crippen LogP contribution in [0.4, 0.5) is 5.69 Å². The summed E-state index contributed by atoms with van der Waals surface area (Å²) in [5.74, 6) is 0.589. The number of carbonyl (C=O) groups is 1. The van der Waals surface area contributed by atoms with Crippen molar-refractivity contribution in [1.29, 1.82) is 5.26 Å². The van der Waals surface area contributed by atoms with Crippen molar-refractivity contribution >= 4 is 29.3 Å². The summed E-state index contributed by atoms with van der Waals surface area (Å²) in [5.41, 5.74) is 1.16. The summed E-state index contributed by atoms with van der Waals surface area (Å²) in [6, 6.07) is 13.7. The molecule has 0 atom stereocenters. The number of nitriles is 1. The molecule has 0 unspecified atom stereocenters. The number of hydrogen-bond acceptors (Lipinski definition) is 4.